The number of hydrogen-bond acceptors (Lipinski definition) is 3. The van der Waals surface area contributed by atoms with Crippen molar-refractivity contribution in [3.63, 3.8) is 0 Å². The van der Waals surface area contributed by atoms with Crippen molar-refractivity contribution < 1.29 is 10.0 Å². The SMILES string of the molecule is CCCCn1c([C]2[CH][CH][CH][C]2B(O)O)nc2ccccc21. The highest BCUT2D eigenvalue weighted by atomic mass is 16.4. The van der Waals surface area contributed by atoms with Gasteiger partial charge in [0.25, 0.3) is 0 Å². The highest BCUT2D eigenvalue weighted by Gasteiger charge is 2.41. The second-order valence-corrected chi connectivity index (χ2v) is 5.20. The molecule has 1 aliphatic carbocycles. The molecule has 2 aromatic rings. The van der Waals surface area contributed by atoms with Gasteiger partial charge in [-0.1, -0.05) is 25.5 Å². The number of aromatic nitrogens is 2. The summed E-state index contributed by atoms with van der Waals surface area (Å²) in [6, 6.07) is 8.01. The molecule has 1 fully saturated rings. The van der Waals surface area contributed by atoms with Crippen LogP contribution < -0.4 is 0 Å². The van der Waals surface area contributed by atoms with E-state index in [0.29, 0.717) is 5.82 Å². The molecule has 1 saturated carbocycles. The van der Waals surface area contributed by atoms with Crippen LogP contribution in [0.15, 0.2) is 24.3 Å². The van der Waals surface area contributed by atoms with Gasteiger partial charge in [0.15, 0.2) is 0 Å². The maximum absolute atomic E-state index is 9.52. The average Bonchev–Trinajstić information content (AvgIpc) is 3.09. The third kappa shape index (κ3) is 2.72. The van der Waals surface area contributed by atoms with E-state index in [1.165, 1.54) is 0 Å². The molecular formula is C16H18BN2O2. The summed E-state index contributed by atoms with van der Waals surface area (Å²) >= 11 is 0. The van der Waals surface area contributed by atoms with Crippen molar-refractivity contribution in [2.75, 3.05) is 0 Å². The van der Waals surface area contributed by atoms with Crippen molar-refractivity contribution in [1.29, 1.82) is 0 Å². The summed E-state index contributed by atoms with van der Waals surface area (Å²) in [5.74, 6) is 2.10. The maximum atomic E-state index is 9.52. The Hall–Kier alpha value is -1.33. The van der Waals surface area contributed by atoms with Gasteiger partial charge in [-0.2, -0.15) is 0 Å². The minimum absolute atomic E-state index is 0.503. The molecule has 4 nitrogen and oxygen atoms in total. The lowest BCUT2D eigenvalue weighted by Gasteiger charge is -2.18. The number of para-hydroxylation sites is 2. The molecule has 0 spiro atoms. The van der Waals surface area contributed by atoms with E-state index in [4.69, 9.17) is 4.98 Å². The predicted octanol–water partition coefficient (Wildman–Crippen LogP) is 1.97. The number of fused-ring (bicyclic) bond motifs is 1. The van der Waals surface area contributed by atoms with Gasteiger partial charge in [-0.3, -0.25) is 0 Å². The van der Waals surface area contributed by atoms with E-state index in [-0.39, 0.29) is 0 Å². The predicted molar refractivity (Wildman–Crippen MR) is 83.3 cm³/mol. The van der Waals surface area contributed by atoms with Crippen molar-refractivity contribution in [2.45, 2.75) is 26.3 Å². The summed E-state index contributed by atoms with van der Waals surface area (Å²) in [6.45, 7) is 3.03. The van der Waals surface area contributed by atoms with Gasteiger partial charge in [-0.05, 0) is 37.8 Å². The summed E-state index contributed by atoms with van der Waals surface area (Å²) in [5.41, 5.74) is 2.02. The van der Waals surface area contributed by atoms with Crippen LogP contribution in [-0.4, -0.2) is 26.7 Å². The molecule has 1 aromatic heterocycles. The number of rotatable bonds is 5. The molecule has 0 aliphatic heterocycles. The topological polar surface area (TPSA) is 58.3 Å². The third-order valence-corrected chi connectivity index (χ3v) is 3.76. The fraction of sp³-hybridized carbons (Fsp3) is 0.250. The Labute approximate surface area is 126 Å². The molecule has 5 heteroatoms. The van der Waals surface area contributed by atoms with E-state index in [0.717, 1.165) is 42.2 Å². The molecule has 0 bridgehead atoms. The Morgan fingerprint density at radius 3 is 2.76 bits per heavy atom. The Bertz CT molecular complexity index is 611. The molecule has 3 rings (SSSR count). The smallest absolute Gasteiger partial charge is 0.427 e. The Morgan fingerprint density at radius 2 is 2.00 bits per heavy atom. The fourth-order valence-electron chi connectivity index (χ4n) is 2.69. The largest absolute Gasteiger partial charge is 0.459 e. The van der Waals surface area contributed by atoms with E-state index in [9.17, 15) is 10.0 Å². The standard InChI is InChI=1S/C16H18BN2O2/c1-2-3-11-19-15-10-5-4-9-14(15)18-16(19)12-7-6-8-13(12)17(20)21/h4-10,20-21H,2-3,11H2,1H3. The molecule has 107 valence electrons. The lowest BCUT2D eigenvalue weighted by Crippen LogP contribution is -2.28. The zero-order valence-electron chi connectivity index (χ0n) is 12.0. The first-order chi connectivity index (χ1) is 10.2. The molecule has 21 heavy (non-hydrogen) atoms. The molecule has 5 radical (unpaired) electrons. The van der Waals surface area contributed by atoms with Gasteiger partial charge in [-0.25, -0.2) is 4.98 Å². The van der Waals surface area contributed by atoms with Crippen molar-refractivity contribution in [2.24, 2.45) is 0 Å². The third-order valence-electron chi connectivity index (χ3n) is 3.76. The second kappa shape index (κ2) is 6.20. The van der Waals surface area contributed by atoms with Crippen molar-refractivity contribution in [3.8, 4) is 0 Å². The van der Waals surface area contributed by atoms with Crippen molar-refractivity contribution >= 4 is 18.2 Å². The number of imidazole rings is 1. The van der Waals surface area contributed by atoms with Gasteiger partial charge in [0.05, 0.1) is 11.0 Å². The van der Waals surface area contributed by atoms with E-state index < -0.39 is 7.12 Å². The van der Waals surface area contributed by atoms with Crippen LogP contribution in [0.4, 0.5) is 0 Å². The fourth-order valence-corrected chi connectivity index (χ4v) is 2.69. The lowest BCUT2D eigenvalue weighted by molar-refractivity contribution is 0.411. The molecule has 0 unspecified atom stereocenters. The van der Waals surface area contributed by atoms with Crippen LogP contribution in [0.1, 0.15) is 25.6 Å². The number of nitrogens with zero attached hydrogens (tertiary/aromatic N) is 2. The van der Waals surface area contributed by atoms with Crippen molar-refractivity contribution in [1.82, 2.24) is 9.55 Å². The van der Waals surface area contributed by atoms with Gasteiger partial charge in [0.2, 0.25) is 0 Å². The highest BCUT2D eigenvalue weighted by Crippen LogP contribution is 2.39. The molecule has 0 saturated heterocycles. The van der Waals surface area contributed by atoms with Crippen LogP contribution >= 0.6 is 0 Å². The number of benzene rings is 1. The minimum Gasteiger partial charge on any atom is -0.427 e. The molecule has 1 aliphatic rings. The number of hydrogen-bond donors (Lipinski definition) is 2. The van der Waals surface area contributed by atoms with Gasteiger partial charge in [0, 0.05) is 18.3 Å². The van der Waals surface area contributed by atoms with E-state index in [1.807, 2.05) is 31.0 Å². The lowest BCUT2D eigenvalue weighted by atomic mass is 9.67. The summed E-state index contributed by atoms with van der Waals surface area (Å²) in [5, 5.41) is 19.0. The first-order valence-corrected chi connectivity index (χ1v) is 7.29. The minimum atomic E-state index is -1.48. The number of aryl methyl sites for hydroxylation is 1. The van der Waals surface area contributed by atoms with Crippen molar-refractivity contribution in [3.05, 3.63) is 61.1 Å². The highest BCUT2D eigenvalue weighted by molar-refractivity contribution is 6.51. The molecule has 0 atom stereocenters. The van der Waals surface area contributed by atoms with Crippen LogP contribution in [0.3, 0.4) is 0 Å². The van der Waals surface area contributed by atoms with Crippen LogP contribution in [-0.2, 0) is 6.54 Å². The molecular weight excluding hydrogens is 263 g/mol. The first-order valence-electron chi connectivity index (χ1n) is 7.29. The van der Waals surface area contributed by atoms with Gasteiger partial charge < -0.3 is 14.6 Å². The normalized spacial score (nSPS) is 16.9. The summed E-state index contributed by atoms with van der Waals surface area (Å²) in [4.78, 5) is 4.69. The average molecular weight is 281 g/mol. The van der Waals surface area contributed by atoms with Crippen LogP contribution in [0.5, 0.6) is 0 Å². The van der Waals surface area contributed by atoms with E-state index >= 15 is 0 Å². The van der Waals surface area contributed by atoms with Gasteiger partial charge in [0.1, 0.15) is 5.82 Å². The summed E-state index contributed by atoms with van der Waals surface area (Å²) < 4.78 is 2.17. The molecule has 2 N–H and O–H groups in total. The van der Waals surface area contributed by atoms with E-state index in [1.54, 1.807) is 6.42 Å². The quantitative estimate of drug-likeness (QED) is 0.824. The van der Waals surface area contributed by atoms with Crippen LogP contribution in [0.25, 0.3) is 11.0 Å². The monoisotopic (exact) mass is 281 g/mol. The molecule has 1 aromatic carbocycles. The summed E-state index contributed by atoms with van der Waals surface area (Å²) in [6.07, 6.45) is 7.60. The van der Waals surface area contributed by atoms with Gasteiger partial charge in [-0.15, -0.1) is 0 Å². The van der Waals surface area contributed by atoms with E-state index in [2.05, 4.69) is 17.6 Å². The zero-order chi connectivity index (χ0) is 14.8. The van der Waals surface area contributed by atoms with Crippen LogP contribution in [0, 0.1) is 31.0 Å². The Balaban J connectivity index is 2.04. The maximum Gasteiger partial charge on any atom is 0.459 e. The number of unbranched alkanes of at least 4 members (excludes halogenated alkanes) is 1. The zero-order valence-corrected chi connectivity index (χ0v) is 12.0. The Morgan fingerprint density at radius 1 is 1.19 bits per heavy atom. The molecule has 0 amide bonds. The summed E-state index contributed by atoms with van der Waals surface area (Å²) in [7, 11) is -1.48. The van der Waals surface area contributed by atoms with Crippen LogP contribution in [0.2, 0.25) is 0 Å². The second-order valence-electron chi connectivity index (χ2n) is 5.20. The molecule has 1 heterocycles. The Kier molecular flexibility index (Phi) is 4.31. The van der Waals surface area contributed by atoms with Gasteiger partial charge >= 0.3 is 7.12 Å². The first kappa shape index (κ1) is 14.6.